The van der Waals surface area contributed by atoms with Gasteiger partial charge in [0.25, 0.3) is 0 Å². The minimum atomic E-state index is -0.0172. The lowest BCUT2D eigenvalue weighted by Gasteiger charge is -2.17. The summed E-state index contributed by atoms with van der Waals surface area (Å²) in [7, 11) is 1.68. The van der Waals surface area contributed by atoms with Gasteiger partial charge in [-0.2, -0.15) is 0 Å². The van der Waals surface area contributed by atoms with Crippen LogP contribution in [0, 0.1) is 20.8 Å². The molecular formula is C15H23NO3. The molecule has 19 heavy (non-hydrogen) atoms. The fraction of sp³-hybridized carbons (Fsp3) is 0.533. The summed E-state index contributed by atoms with van der Waals surface area (Å²) >= 11 is 0. The third-order valence-corrected chi connectivity index (χ3v) is 3.03. The number of ether oxygens (including phenoxy) is 1. The Morgan fingerprint density at radius 2 is 1.84 bits per heavy atom. The first-order valence-corrected chi connectivity index (χ1v) is 6.51. The largest absolute Gasteiger partial charge is 0.493 e. The van der Waals surface area contributed by atoms with Gasteiger partial charge in [-0.05, 0) is 31.9 Å². The lowest BCUT2D eigenvalue weighted by molar-refractivity contribution is -0.130. The number of hydrogen-bond donors (Lipinski definition) is 1. The first-order chi connectivity index (χ1) is 8.95. The molecule has 1 amide bonds. The van der Waals surface area contributed by atoms with Gasteiger partial charge in [-0.1, -0.05) is 17.7 Å². The molecule has 0 saturated heterocycles. The van der Waals surface area contributed by atoms with Crippen molar-refractivity contribution in [3.8, 4) is 5.75 Å². The van der Waals surface area contributed by atoms with Gasteiger partial charge in [-0.25, -0.2) is 0 Å². The van der Waals surface area contributed by atoms with Gasteiger partial charge in [0.1, 0.15) is 5.75 Å². The van der Waals surface area contributed by atoms with Gasteiger partial charge in [0.05, 0.1) is 19.6 Å². The summed E-state index contributed by atoms with van der Waals surface area (Å²) < 4.78 is 5.71. The lowest BCUT2D eigenvalue weighted by Crippen LogP contribution is -2.30. The highest BCUT2D eigenvalue weighted by molar-refractivity contribution is 5.75. The van der Waals surface area contributed by atoms with E-state index in [1.165, 1.54) is 10.5 Å². The quantitative estimate of drug-likeness (QED) is 0.853. The van der Waals surface area contributed by atoms with Crippen molar-refractivity contribution in [1.29, 1.82) is 0 Å². The summed E-state index contributed by atoms with van der Waals surface area (Å²) in [5.74, 6) is 0.847. The molecule has 1 N–H and O–H groups in total. The number of hydrogen-bond acceptors (Lipinski definition) is 3. The molecule has 4 heteroatoms. The van der Waals surface area contributed by atoms with Gasteiger partial charge in [-0.3, -0.25) is 4.79 Å². The first-order valence-electron chi connectivity index (χ1n) is 6.51. The summed E-state index contributed by atoms with van der Waals surface area (Å²) in [6, 6.07) is 4.14. The standard InChI is InChI=1S/C15H23NO3/c1-11-9-12(2)15(13(3)10-11)19-8-5-14(18)16(4)6-7-17/h9-10,17H,5-8H2,1-4H3. The Kier molecular flexibility index (Phi) is 5.83. The number of amides is 1. The van der Waals surface area contributed by atoms with Crippen molar-refractivity contribution in [3.05, 3.63) is 28.8 Å². The predicted octanol–water partition coefficient (Wildman–Crippen LogP) is 1.83. The van der Waals surface area contributed by atoms with E-state index < -0.39 is 0 Å². The number of rotatable bonds is 6. The summed E-state index contributed by atoms with van der Waals surface area (Å²) in [5, 5.41) is 8.76. The van der Waals surface area contributed by atoms with E-state index in [-0.39, 0.29) is 12.5 Å². The zero-order valence-corrected chi connectivity index (χ0v) is 12.2. The van der Waals surface area contributed by atoms with Crippen molar-refractivity contribution in [3.63, 3.8) is 0 Å². The van der Waals surface area contributed by atoms with Gasteiger partial charge in [0.15, 0.2) is 0 Å². The SMILES string of the molecule is Cc1cc(C)c(OCCC(=O)N(C)CCO)c(C)c1. The monoisotopic (exact) mass is 265 g/mol. The normalized spacial score (nSPS) is 10.4. The first kappa shape index (κ1) is 15.5. The molecule has 0 saturated carbocycles. The van der Waals surface area contributed by atoms with Crippen LogP contribution in [-0.2, 0) is 4.79 Å². The van der Waals surface area contributed by atoms with Gasteiger partial charge >= 0.3 is 0 Å². The summed E-state index contributed by atoms with van der Waals surface area (Å²) in [6.07, 6.45) is 0.323. The van der Waals surface area contributed by atoms with Gasteiger partial charge < -0.3 is 14.7 Å². The molecule has 0 aliphatic heterocycles. The van der Waals surface area contributed by atoms with E-state index in [0.717, 1.165) is 16.9 Å². The zero-order chi connectivity index (χ0) is 14.4. The van der Waals surface area contributed by atoms with Gasteiger partial charge in [-0.15, -0.1) is 0 Å². The second-order valence-corrected chi connectivity index (χ2v) is 4.87. The Bertz CT molecular complexity index is 420. The third-order valence-electron chi connectivity index (χ3n) is 3.03. The number of aliphatic hydroxyl groups excluding tert-OH is 1. The van der Waals surface area contributed by atoms with E-state index in [2.05, 4.69) is 19.1 Å². The number of benzene rings is 1. The number of aliphatic hydroxyl groups is 1. The number of likely N-dealkylation sites (N-methyl/N-ethyl adjacent to an activating group) is 1. The Morgan fingerprint density at radius 3 is 2.37 bits per heavy atom. The van der Waals surface area contributed by atoms with Crippen molar-refractivity contribution < 1.29 is 14.6 Å². The van der Waals surface area contributed by atoms with E-state index in [1.54, 1.807) is 7.05 Å². The Morgan fingerprint density at radius 1 is 1.26 bits per heavy atom. The topological polar surface area (TPSA) is 49.8 Å². The van der Waals surface area contributed by atoms with Crippen LogP contribution in [0.15, 0.2) is 12.1 Å². The van der Waals surface area contributed by atoms with Gasteiger partial charge in [0.2, 0.25) is 5.91 Å². The molecule has 106 valence electrons. The number of nitrogens with zero attached hydrogens (tertiary/aromatic N) is 1. The number of carbonyl (C=O) groups is 1. The molecule has 4 nitrogen and oxygen atoms in total. The van der Waals surface area contributed by atoms with E-state index in [4.69, 9.17) is 9.84 Å². The van der Waals surface area contributed by atoms with Crippen LogP contribution in [0.5, 0.6) is 5.75 Å². The average molecular weight is 265 g/mol. The molecule has 0 radical (unpaired) electrons. The molecule has 1 rings (SSSR count). The molecule has 0 bridgehead atoms. The van der Waals surface area contributed by atoms with Crippen LogP contribution in [0.2, 0.25) is 0 Å². The molecular weight excluding hydrogens is 242 g/mol. The predicted molar refractivity (Wildman–Crippen MR) is 75.5 cm³/mol. The maximum atomic E-state index is 11.7. The molecule has 1 aromatic rings. The van der Waals surface area contributed by atoms with E-state index in [9.17, 15) is 4.79 Å². The highest BCUT2D eigenvalue weighted by Gasteiger charge is 2.10. The second-order valence-electron chi connectivity index (χ2n) is 4.87. The van der Waals surface area contributed by atoms with Crippen LogP contribution >= 0.6 is 0 Å². The fourth-order valence-corrected chi connectivity index (χ4v) is 2.10. The maximum Gasteiger partial charge on any atom is 0.225 e. The highest BCUT2D eigenvalue weighted by atomic mass is 16.5. The molecule has 0 aliphatic carbocycles. The van der Waals surface area contributed by atoms with Crippen LogP contribution in [0.3, 0.4) is 0 Å². The van der Waals surface area contributed by atoms with Crippen molar-refractivity contribution in [2.24, 2.45) is 0 Å². The molecule has 0 aliphatic rings. The zero-order valence-electron chi connectivity index (χ0n) is 12.2. The van der Waals surface area contributed by atoms with E-state index in [1.807, 2.05) is 13.8 Å². The van der Waals surface area contributed by atoms with Gasteiger partial charge in [0, 0.05) is 13.6 Å². The van der Waals surface area contributed by atoms with E-state index >= 15 is 0 Å². The van der Waals surface area contributed by atoms with Crippen molar-refractivity contribution in [1.82, 2.24) is 4.90 Å². The fourth-order valence-electron chi connectivity index (χ4n) is 2.10. The molecule has 0 aromatic heterocycles. The minimum Gasteiger partial charge on any atom is -0.493 e. The molecule has 0 heterocycles. The molecule has 0 fully saturated rings. The smallest absolute Gasteiger partial charge is 0.225 e. The van der Waals surface area contributed by atoms with Crippen molar-refractivity contribution in [2.75, 3.05) is 26.8 Å². The second kappa shape index (κ2) is 7.14. The Hall–Kier alpha value is -1.55. The molecule has 0 unspecified atom stereocenters. The van der Waals surface area contributed by atoms with Crippen LogP contribution in [0.1, 0.15) is 23.1 Å². The molecule has 0 spiro atoms. The minimum absolute atomic E-state index is 0.0146. The summed E-state index contributed by atoms with van der Waals surface area (Å²) in [6.45, 7) is 6.78. The number of carbonyl (C=O) groups excluding carboxylic acids is 1. The Labute approximate surface area is 115 Å². The van der Waals surface area contributed by atoms with Crippen LogP contribution in [0.25, 0.3) is 0 Å². The Balaban J connectivity index is 2.52. The molecule has 0 atom stereocenters. The maximum absolute atomic E-state index is 11.7. The molecule has 1 aromatic carbocycles. The van der Waals surface area contributed by atoms with Crippen molar-refractivity contribution >= 4 is 5.91 Å². The van der Waals surface area contributed by atoms with Crippen LogP contribution < -0.4 is 4.74 Å². The lowest BCUT2D eigenvalue weighted by atomic mass is 10.1. The van der Waals surface area contributed by atoms with Crippen LogP contribution in [0.4, 0.5) is 0 Å². The highest BCUT2D eigenvalue weighted by Crippen LogP contribution is 2.24. The van der Waals surface area contributed by atoms with E-state index in [0.29, 0.717) is 19.6 Å². The average Bonchev–Trinajstić information content (AvgIpc) is 2.32. The summed E-state index contributed by atoms with van der Waals surface area (Å²) in [5.41, 5.74) is 3.39. The van der Waals surface area contributed by atoms with Crippen molar-refractivity contribution in [2.45, 2.75) is 27.2 Å². The number of aryl methyl sites for hydroxylation is 3. The third kappa shape index (κ3) is 4.56. The summed E-state index contributed by atoms with van der Waals surface area (Å²) in [4.78, 5) is 13.2. The van der Waals surface area contributed by atoms with Crippen LogP contribution in [-0.4, -0.2) is 42.7 Å².